The molecule has 1 amide bonds. The maximum Gasteiger partial charge on any atom is 0.244 e. The highest BCUT2D eigenvalue weighted by Crippen LogP contribution is 2.20. The molecule has 1 unspecified atom stereocenters. The molecule has 1 heterocycles. The van der Waals surface area contributed by atoms with E-state index in [1.54, 1.807) is 11.8 Å². The number of halogens is 1. The largest absolute Gasteiger partial charge is 0.357 e. The van der Waals surface area contributed by atoms with Gasteiger partial charge >= 0.3 is 0 Å². The monoisotopic (exact) mass is 286 g/mol. The van der Waals surface area contributed by atoms with E-state index in [0.717, 1.165) is 0 Å². The maximum absolute atomic E-state index is 12.1. The number of carbonyl (C=O) groups excluding carboxylic acids is 1. The first-order chi connectivity index (χ1) is 9.03. The average molecular weight is 287 g/mol. The second-order valence-electron chi connectivity index (χ2n) is 3.91. The fourth-order valence-corrected chi connectivity index (χ4v) is 1.76. The van der Waals surface area contributed by atoms with Crippen molar-refractivity contribution in [2.24, 2.45) is 5.84 Å². The normalized spacial score (nSPS) is 11.8. The summed E-state index contributed by atoms with van der Waals surface area (Å²) >= 11 is 5.97. The molecular formula is C11H19ClN6O. The second-order valence-corrected chi connectivity index (χ2v) is 4.32. The van der Waals surface area contributed by atoms with Gasteiger partial charge in [0.15, 0.2) is 5.82 Å². The van der Waals surface area contributed by atoms with Crippen LogP contribution in [-0.4, -0.2) is 39.9 Å². The fraction of sp³-hybridized carbons (Fsp3) is 0.545. The van der Waals surface area contributed by atoms with Crippen LogP contribution in [0.5, 0.6) is 0 Å². The van der Waals surface area contributed by atoms with E-state index >= 15 is 0 Å². The zero-order chi connectivity index (χ0) is 14.4. The van der Waals surface area contributed by atoms with E-state index in [1.165, 1.54) is 6.20 Å². The predicted octanol–water partition coefficient (Wildman–Crippen LogP) is 1.08. The minimum absolute atomic E-state index is 0.0121. The van der Waals surface area contributed by atoms with Gasteiger partial charge in [-0.1, -0.05) is 11.6 Å². The van der Waals surface area contributed by atoms with Crippen LogP contribution in [0.2, 0.25) is 5.02 Å². The van der Waals surface area contributed by atoms with E-state index in [1.807, 2.05) is 13.8 Å². The Morgan fingerprint density at radius 1 is 1.53 bits per heavy atom. The van der Waals surface area contributed by atoms with E-state index in [0.29, 0.717) is 23.9 Å². The number of anilines is 2. The predicted molar refractivity (Wildman–Crippen MR) is 75.9 cm³/mol. The molecule has 4 N–H and O–H groups in total. The lowest BCUT2D eigenvalue weighted by Crippen LogP contribution is -2.41. The topological polar surface area (TPSA) is 96.2 Å². The van der Waals surface area contributed by atoms with Crippen molar-refractivity contribution < 1.29 is 4.79 Å². The van der Waals surface area contributed by atoms with Crippen molar-refractivity contribution in [1.29, 1.82) is 0 Å². The van der Waals surface area contributed by atoms with Gasteiger partial charge in [0.25, 0.3) is 0 Å². The van der Waals surface area contributed by atoms with Crippen molar-refractivity contribution in [2.45, 2.75) is 26.8 Å². The van der Waals surface area contributed by atoms with Crippen LogP contribution in [0.15, 0.2) is 6.20 Å². The van der Waals surface area contributed by atoms with Gasteiger partial charge in [0.1, 0.15) is 11.1 Å². The van der Waals surface area contributed by atoms with Crippen LogP contribution in [0.3, 0.4) is 0 Å². The van der Waals surface area contributed by atoms with Gasteiger partial charge in [-0.25, -0.2) is 10.8 Å². The third kappa shape index (κ3) is 3.93. The first-order valence-corrected chi connectivity index (χ1v) is 6.45. The molecule has 0 fully saturated rings. The molecule has 8 heteroatoms. The number of nitrogens with zero attached hydrogens (tertiary/aromatic N) is 3. The zero-order valence-electron chi connectivity index (χ0n) is 11.3. The lowest BCUT2D eigenvalue weighted by molar-refractivity contribution is -0.131. The number of nitrogens with one attached hydrogen (secondary N) is 2. The van der Waals surface area contributed by atoms with Crippen LogP contribution in [0.1, 0.15) is 20.8 Å². The van der Waals surface area contributed by atoms with Gasteiger partial charge in [-0.15, -0.1) is 0 Å². The number of carbonyl (C=O) groups is 1. The van der Waals surface area contributed by atoms with E-state index in [9.17, 15) is 4.79 Å². The van der Waals surface area contributed by atoms with E-state index in [4.69, 9.17) is 17.4 Å². The van der Waals surface area contributed by atoms with Crippen molar-refractivity contribution in [3.05, 3.63) is 11.2 Å². The summed E-state index contributed by atoms with van der Waals surface area (Å²) in [6, 6.07) is -0.432. The van der Waals surface area contributed by atoms with E-state index < -0.39 is 6.04 Å². The molecule has 0 spiro atoms. The van der Waals surface area contributed by atoms with Gasteiger partial charge in [-0.3, -0.25) is 10.2 Å². The molecule has 19 heavy (non-hydrogen) atoms. The summed E-state index contributed by atoms with van der Waals surface area (Å²) in [5, 5.41) is 3.30. The van der Waals surface area contributed by atoms with Crippen LogP contribution in [-0.2, 0) is 4.79 Å². The molecule has 106 valence electrons. The van der Waals surface area contributed by atoms with Crippen molar-refractivity contribution in [3.8, 4) is 0 Å². The fourth-order valence-electron chi connectivity index (χ4n) is 1.61. The van der Waals surface area contributed by atoms with Crippen molar-refractivity contribution in [2.75, 3.05) is 23.8 Å². The standard InChI is InChI=1S/C11H19ClN6O/c1-4-18(5-2)10(19)7(3)15-9-8(12)6-14-11(16-9)17-13/h6-7H,4-5,13H2,1-3H3,(H2,14,15,16,17). The first kappa shape index (κ1) is 15.5. The van der Waals surface area contributed by atoms with Gasteiger partial charge < -0.3 is 10.2 Å². The Morgan fingerprint density at radius 2 is 2.16 bits per heavy atom. The molecule has 0 aliphatic rings. The number of nitrogen functional groups attached to an aromatic ring is 1. The third-order valence-corrected chi connectivity index (χ3v) is 2.95. The van der Waals surface area contributed by atoms with Crippen molar-refractivity contribution in [1.82, 2.24) is 14.9 Å². The van der Waals surface area contributed by atoms with Crippen LogP contribution >= 0.6 is 11.6 Å². The molecule has 7 nitrogen and oxygen atoms in total. The number of likely N-dealkylation sites (N-methyl/N-ethyl adjacent to an activating group) is 1. The maximum atomic E-state index is 12.1. The van der Waals surface area contributed by atoms with Crippen LogP contribution in [0.4, 0.5) is 11.8 Å². The Labute approximate surface area is 117 Å². The number of rotatable bonds is 6. The third-order valence-electron chi connectivity index (χ3n) is 2.67. The molecule has 1 atom stereocenters. The van der Waals surface area contributed by atoms with Crippen molar-refractivity contribution in [3.63, 3.8) is 0 Å². The molecule has 1 rings (SSSR count). The molecule has 0 radical (unpaired) electrons. The lowest BCUT2D eigenvalue weighted by atomic mass is 10.2. The Kier molecular flexibility index (Phi) is 5.78. The smallest absolute Gasteiger partial charge is 0.244 e. The number of amides is 1. The molecular weight excluding hydrogens is 268 g/mol. The number of hydrogen-bond donors (Lipinski definition) is 3. The quantitative estimate of drug-likeness (QED) is 0.535. The number of nitrogens with two attached hydrogens (primary N) is 1. The Balaban J connectivity index is 2.81. The molecule has 0 saturated heterocycles. The highest BCUT2D eigenvalue weighted by atomic mass is 35.5. The zero-order valence-corrected chi connectivity index (χ0v) is 12.0. The van der Waals surface area contributed by atoms with Crippen LogP contribution < -0.4 is 16.6 Å². The van der Waals surface area contributed by atoms with Gasteiger partial charge in [-0.05, 0) is 20.8 Å². The summed E-state index contributed by atoms with van der Waals surface area (Å²) in [5.74, 6) is 5.82. The Morgan fingerprint density at radius 3 is 2.68 bits per heavy atom. The molecule has 0 saturated carbocycles. The highest BCUT2D eigenvalue weighted by molar-refractivity contribution is 6.32. The summed E-state index contributed by atoms with van der Waals surface area (Å²) in [6.45, 7) is 6.95. The van der Waals surface area contributed by atoms with Crippen molar-refractivity contribution >= 4 is 29.3 Å². The van der Waals surface area contributed by atoms with Crippen LogP contribution in [0.25, 0.3) is 0 Å². The highest BCUT2D eigenvalue weighted by Gasteiger charge is 2.19. The molecule has 0 aliphatic heterocycles. The van der Waals surface area contributed by atoms with Crippen LogP contribution in [0, 0.1) is 0 Å². The minimum Gasteiger partial charge on any atom is -0.357 e. The summed E-state index contributed by atoms with van der Waals surface area (Å²) < 4.78 is 0. The molecule has 0 aromatic carbocycles. The van der Waals surface area contributed by atoms with Gasteiger partial charge in [0.05, 0.1) is 6.20 Å². The molecule has 1 aromatic rings. The summed E-state index contributed by atoms with van der Waals surface area (Å²) in [6.07, 6.45) is 1.42. The van der Waals surface area contributed by atoms with Gasteiger partial charge in [-0.2, -0.15) is 4.98 Å². The minimum atomic E-state index is -0.432. The Bertz CT molecular complexity index is 437. The molecule has 1 aromatic heterocycles. The SMILES string of the molecule is CCN(CC)C(=O)C(C)Nc1nc(NN)ncc1Cl. The molecule has 0 aliphatic carbocycles. The van der Waals surface area contributed by atoms with Gasteiger partial charge in [0, 0.05) is 13.1 Å². The Hall–Kier alpha value is -1.60. The van der Waals surface area contributed by atoms with Gasteiger partial charge in [0.2, 0.25) is 11.9 Å². The summed E-state index contributed by atoms with van der Waals surface area (Å²) in [5.41, 5.74) is 2.33. The average Bonchev–Trinajstić information content (AvgIpc) is 2.42. The first-order valence-electron chi connectivity index (χ1n) is 6.07. The lowest BCUT2D eigenvalue weighted by Gasteiger charge is -2.24. The number of aromatic nitrogens is 2. The second kappa shape index (κ2) is 7.10. The number of hydrazine groups is 1. The molecule has 0 bridgehead atoms. The van der Waals surface area contributed by atoms with E-state index in [-0.39, 0.29) is 11.9 Å². The number of hydrogen-bond acceptors (Lipinski definition) is 6. The summed E-state index contributed by atoms with van der Waals surface area (Å²) in [4.78, 5) is 21.8. The summed E-state index contributed by atoms with van der Waals surface area (Å²) in [7, 11) is 0. The van der Waals surface area contributed by atoms with E-state index in [2.05, 4.69) is 20.7 Å².